The van der Waals surface area contributed by atoms with E-state index in [1.54, 1.807) is 0 Å². The lowest BCUT2D eigenvalue weighted by atomic mass is 10.1. The molecule has 4 aromatic carbocycles. The van der Waals surface area contributed by atoms with Crippen LogP contribution in [-0.2, 0) is 0 Å². The summed E-state index contributed by atoms with van der Waals surface area (Å²) in [5.41, 5.74) is 13.4. The van der Waals surface area contributed by atoms with Gasteiger partial charge in [0.1, 0.15) is 0 Å². The number of nitrogens with zero attached hydrogens (tertiary/aromatic N) is 2. The minimum Gasteiger partial charge on any atom is -0.369 e. The van der Waals surface area contributed by atoms with Crippen LogP contribution < -0.4 is 16.8 Å². The zero-order valence-corrected chi connectivity index (χ0v) is 16.7. The lowest BCUT2D eigenvalue weighted by Gasteiger charge is -2.07. The highest BCUT2D eigenvalue weighted by atomic mass is 35.5. The Morgan fingerprint density at radius 1 is 0.690 bits per heavy atom. The number of guanidine groups is 2. The standard InChI is InChI=1S/C22H17Cl2N5/c23-17-5-1-13-3-7-19(11-15(13)9-17)27-21(25)29-22(26)28-20-8-4-14-2-6-18(24)10-16(14)12-20/h1-12H,(H5,25,26,27,28,29). The summed E-state index contributed by atoms with van der Waals surface area (Å²) in [5.74, 6) is 0.177. The SMILES string of the molecule is NC(=Nc1ccc2ccc(Cl)cc2c1)/N=C(\N)Nc1ccc2ccc(Cl)cc2c1. The molecule has 0 saturated carbocycles. The van der Waals surface area contributed by atoms with Crippen molar-refractivity contribution in [3.63, 3.8) is 0 Å². The van der Waals surface area contributed by atoms with E-state index in [0.29, 0.717) is 15.7 Å². The maximum Gasteiger partial charge on any atom is 0.223 e. The van der Waals surface area contributed by atoms with E-state index in [1.165, 1.54) is 0 Å². The van der Waals surface area contributed by atoms with Crippen molar-refractivity contribution in [1.29, 1.82) is 0 Å². The minimum atomic E-state index is 0.0419. The smallest absolute Gasteiger partial charge is 0.223 e. The monoisotopic (exact) mass is 421 g/mol. The predicted molar refractivity (Wildman–Crippen MR) is 124 cm³/mol. The van der Waals surface area contributed by atoms with E-state index in [0.717, 1.165) is 27.2 Å². The number of fused-ring (bicyclic) bond motifs is 2. The second kappa shape index (κ2) is 7.99. The summed E-state index contributed by atoms with van der Waals surface area (Å²) in [6.07, 6.45) is 0. The number of anilines is 1. The second-order valence-electron chi connectivity index (χ2n) is 6.47. The van der Waals surface area contributed by atoms with E-state index in [2.05, 4.69) is 15.3 Å². The Hall–Kier alpha value is -3.28. The number of nitrogens with one attached hydrogen (secondary N) is 1. The van der Waals surface area contributed by atoms with Crippen molar-refractivity contribution in [1.82, 2.24) is 0 Å². The number of benzene rings is 4. The molecular formula is C22H17Cl2N5. The highest BCUT2D eigenvalue weighted by Gasteiger charge is 2.02. The maximum absolute atomic E-state index is 6.06. The van der Waals surface area contributed by atoms with Gasteiger partial charge in [-0.2, -0.15) is 4.99 Å². The van der Waals surface area contributed by atoms with Gasteiger partial charge in [0.05, 0.1) is 5.69 Å². The number of nitrogens with two attached hydrogens (primary N) is 2. The summed E-state index contributed by atoms with van der Waals surface area (Å²) in [5, 5.41) is 8.45. The lowest BCUT2D eigenvalue weighted by molar-refractivity contribution is 1.40. The Balaban J connectivity index is 1.55. The summed E-state index contributed by atoms with van der Waals surface area (Å²) in [6.45, 7) is 0. The molecule has 0 aliphatic carbocycles. The summed E-state index contributed by atoms with van der Waals surface area (Å²) in [6, 6.07) is 22.9. The molecule has 0 fully saturated rings. The lowest BCUT2D eigenvalue weighted by Crippen LogP contribution is -2.26. The molecule has 0 heterocycles. The molecule has 5 nitrogen and oxygen atoms in total. The predicted octanol–water partition coefficient (Wildman–Crippen LogP) is 5.67. The number of rotatable bonds is 2. The number of hydrogen-bond donors (Lipinski definition) is 3. The number of aliphatic imine (C=N–C) groups is 2. The first-order valence-electron chi connectivity index (χ1n) is 8.80. The quantitative estimate of drug-likeness (QED) is 0.287. The molecular weight excluding hydrogens is 405 g/mol. The number of hydrogen-bond acceptors (Lipinski definition) is 1. The molecule has 0 unspecified atom stereocenters. The van der Waals surface area contributed by atoms with Gasteiger partial charge in [0.15, 0.2) is 0 Å². The van der Waals surface area contributed by atoms with Crippen LogP contribution >= 0.6 is 23.2 Å². The van der Waals surface area contributed by atoms with Crippen molar-refractivity contribution < 1.29 is 0 Å². The van der Waals surface area contributed by atoms with Crippen LogP contribution in [0.25, 0.3) is 21.5 Å². The Bertz CT molecular complexity index is 1280. The third kappa shape index (κ3) is 4.59. The molecule has 0 radical (unpaired) electrons. The minimum absolute atomic E-state index is 0.0419. The average molecular weight is 422 g/mol. The van der Waals surface area contributed by atoms with Crippen molar-refractivity contribution in [3.05, 3.63) is 82.8 Å². The molecule has 29 heavy (non-hydrogen) atoms. The van der Waals surface area contributed by atoms with Gasteiger partial charge in [0.25, 0.3) is 0 Å². The van der Waals surface area contributed by atoms with Gasteiger partial charge in [-0.05, 0) is 70.1 Å². The fraction of sp³-hybridized carbons (Fsp3) is 0. The van der Waals surface area contributed by atoms with Gasteiger partial charge < -0.3 is 16.8 Å². The fourth-order valence-electron chi connectivity index (χ4n) is 3.03. The van der Waals surface area contributed by atoms with Gasteiger partial charge in [0.2, 0.25) is 11.9 Å². The van der Waals surface area contributed by atoms with Crippen LogP contribution in [0.2, 0.25) is 10.0 Å². The number of halogens is 2. The molecule has 0 amide bonds. The Morgan fingerprint density at radius 2 is 1.28 bits per heavy atom. The molecule has 0 aliphatic rings. The zero-order valence-electron chi connectivity index (χ0n) is 15.2. The second-order valence-corrected chi connectivity index (χ2v) is 7.35. The summed E-state index contributed by atoms with van der Waals surface area (Å²) >= 11 is 12.1. The van der Waals surface area contributed by atoms with Crippen molar-refractivity contribution in [2.24, 2.45) is 21.5 Å². The third-order valence-corrected chi connectivity index (χ3v) is 4.81. The third-order valence-electron chi connectivity index (χ3n) is 4.34. The van der Waals surface area contributed by atoms with E-state index in [9.17, 15) is 0 Å². The van der Waals surface area contributed by atoms with Gasteiger partial charge in [-0.1, -0.05) is 47.5 Å². The summed E-state index contributed by atoms with van der Waals surface area (Å²) < 4.78 is 0. The summed E-state index contributed by atoms with van der Waals surface area (Å²) in [4.78, 5) is 8.43. The van der Waals surface area contributed by atoms with E-state index in [1.807, 2.05) is 72.8 Å². The Labute approximate surface area is 177 Å². The molecule has 0 aliphatic heterocycles. The summed E-state index contributed by atoms with van der Waals surface area (Å²) in [7, 11) is 0. The molecule has 4 aromatic rings. The van der Waals surface area contributed by atoms with E-state index in [-0.39, 0.29) is 11.9 Å². The molecule has 0 bridgehead atoms. The van der Waals surface area contributed by atoms with Crippen LogP contribution in [0, 0.1) is 0 Å². The fourth-order valence-corrected chi connectivity index (χ4v) is 3.39. The topological polar surface area (TPSA) is 88.8 Å². The first-order chi connectivity index (χ1) is 14.0. The molecule has 4 rings (SSSR count). The van der Waals surface area contributed by atoms with Crippen molar-refractivity contribution in [2.75, 3.05) is 5.32 Å². The first kappa shape index (κ1) is 19.1. The largest absolute Gasteiger partial charge is 0.369 e. The van der Waals surface area contributed by atoms with Gasteiger partial charge >= 0.3 is 0 Å². The molecule has 5 N–H and O–H groups in total. The average Bonchev–Trinajstić information content (AvgIpc) is 2.67. The molecule has 7 heteroatoms. The molecule has 0 atom stereocenters. The Kier molecular flexibility index (Phi) is 5.25. The molecule has 144 valence electrons. The molecule has 0 aromatic heterocycles. The highest BCUT2D eigenvalue weighted by Crippen LogP contribution is 2.25. The van der Waals surface area contributed by atoms with Crippen molar-refractivity contribution in [3.8, 4) is 0 Å². The molecule has 0 saturated heterocycles. The van der Waals surface area contributed by atoms with Gasteiger partial charge in [-0.25, -0.2) is 4.99 Å². The van der Waals surface area contributed by atoms with Gasteiger partial charge in [-0.3, -0.25) is 0 Å². The molecule has 0 spiro atoms. The highest BCUT2D eigenvalue weighted by molar-refractivity contribution is 6.31. The van der Waals surface area contributed by atoms with Gasteiger partial charge in [-0.15, -0.1) is 0 Å². The van der Waals surface area contributed by atoms with E-state index < -0.39 is 0 Å². The van der Waals surface area contributed by atoms with E-state index >= 15 is 0 Å². The van der Waals surface area contributed by atoms with Crippen molar-refractivity contribution >= 4 is 68.0 Å². The van der Waals surface area contributed by atoms with Crippen LogP contribution in [0.5, 0.6) is 0 Å². The van der Waals surface area contributed by atoms with Crippen LogP contribution in [0.1, 0.15) is 0 Å². The van der Waals surface area contributed by atoms with Crippen LogP contribution in [0.15, 0.2) is 82.8 Å². The normalized spacial score (nSPS) is 12.5. The maximum atomic E-state index is 6.06. The Morgan fingerprint density at radius 3 is 1.97 bits per heavy atom. The van der Waals surface area contributed by atoms with Crippen LogP contribution in [0.3, 0.4) is 0 Å². The van der Waals surface area contributed by atoms with E-state index in [4.69, 9.17) is 34.7 Å². The van der Waals surface area contributed by atoms with Crippen LogP contribution in [0.4, 0.5) is 11.4 Å². The van der Waals surface area contributed by atoms with Crippen molar-refractivity contribution in [2.45, 2.75) is 0 Å². The zero-order chi connectivity index (χ0) is 20.4. The van der Waals surface area contributed by atoms with Crippen LogP contribution in [-0.4, -0.2) is 11.9 Å². The first-order valence-corrected chi connectivity index (χ1v) is 9.56. The van der Waals surface area contributed by atoms with Gasteiger partial charge in [0, 0.05) is 15.7 Å².